The van der Waals surface area contributed by atoms with E-state index in [1.54, 1.807) is 0 Å². The Morgan fingerprint density at radius 2 is 1.47 bits per heavy atom. The van der Waals surface area contributed by atoms with Crippen molar-refractivity contribution in [2.24, 2.45) is 0 Å². The molecule has 1 saturated heterocycles. The van der Waals surface area contributed by atoms with E-state index in [-0.39, 0.29) is 37.0 Å². The van der Waals surface area contributed by atoms with Crippen molar-refractivity contribution in [2.75, 3.05) is 4.90 Å². The Labute approximate surface area is 225 Å². The number of amides is 4. The molecule has 0 spiro atoms. The number of hydrogen-bond acceptors (Lipinski definition) is 6. The molecule has 1 aliphatic rings. The summed E-state index contributed by atoms with van der Waals surface area (Å²) in [5.41, 5.74) is -0.447. The summed E-state index contributed by atoms with van der Waals surface area (Å²) in [4.78, 5) is 38.7. The van der Waals surface area contributed by atoms with Gasteiger partial charge >= 0.3 is 16.1 Å². The minimum atomic E-state index is -4.31. The highest BCUT2D eigenvalue weighted by molar-refractivity contribution is 7.87. The van der Waals surface area contributed by atoms with Gasteiger partial charge in [-0.1, -0.05) is 46.4 Å². The Hall–Kier alpha value is -3.08. The highest BCUT2D eigenvalue weighted by atomic mass is 35.5. The van der Waals surface area contributed by atoms with E-state index < -0.39 is 33.5 Å². The largest absolute Gasteiger partial charge is 0.378 e. The lowest BCUT2D eigenvalue weighted by Gasteiger charge is -2.26. The van der Waals surface area contributed by atoms with Crippen LogP contribution in [0.5, 0.6) is 5.75 Å². The lowest BCUT2D eigenvalue weighted by atomic mass is 10.1. The molecule has 1 N–H and O–H groups in total. The summed E-state index contributed by atoms with van der Waals surface area (Å²) in [7, 11) is -4.31. The number of carbonyl (C=O) groups is 3. The topological polar surface area (TPSA) is 110 Å². The van der Waals surface area contributed by atoms with Crippen LogP contribution in [-0.4, -0.2) is 26.3 Å². The molecule has 4 rings (SSSR count). The molecule has 3 aromatic rings. The van der Waals surface area contributed by atoms with Gasteiger partial charge in [0.1, 0.15) is 16.2 Å². The third kappa shape index (κ3) is 5.35. The predicted octanol–water partition coefficient (Wildman–Crippen LogP) is 5.73. The molecule has 8 nitrogen and oxygen atoms in total. The summed E-state index contributed by atoms with van der Waals surface area (Å²) >= 11 is 23.8. The van der Waals surface area contributed by atoms with E-state index >= 15 is 0 Å². The summed E-state index contributed by atoms with van der Waals surface area (Å²) in [6, 6.07) is 12.2. The summed E-state index contributed by atoms with van der Waals surface area (Å²) in [5, 5.41) is 2.82. The van der Waals surface area contributed by atoms with Gasteiger partial charge in [-0.25, -0.2) is 9.69 Å². The fraction of sp³-hybridized carbons (Fsp3) is 0. The predicted molar refractivity (Wildman–Crippen MR) is 136 cm³/mol. The van der Waals surface area contributed by atoms with Gasteiger partial charge in [-0.3, -0.25) is 14.9 Å². The summed E-state index contributed by atoms with van der Waals surface area (Å²) in [6.07, 6.45) is 1.06. The number of benzene rings is 3. The van der Waals surface area contributed by atoms with Gasteiger partial charge in [0.05, 0.1) is 15.7 Å². The average molecular weight is 586 g/mol. The number of urea groups is 1. The number of nitrogens with one attached hydrogen (secondary N) is 1. The molecule has 0 unspecified atom stereocenters. The molecule has 36 heavy (non-hydrogen) atoms. The molecule has 1 heterocycles. The maximum atomic E-state index is 13.2. The fourth-order valence-electron chi connectivity index (χ4n) is 3.15. The van der Waals surface area contributed by atoms with Crippen LogP contribution in [0.1, 0.15) is 5.56 Å². The number of rotatable bonds is 5. The van der Waals surface area contributed by atoms with Crippen LogP contribution in [0.15, 0.2) is 71.1 Å². The van der Waals surface area contributed by atoms with E-state index in [0.29, 0.717) is 9.92 Å². The third-order valence-corrected chi connectivity index (χ3v) is 7.31. The molecule has 0 radical (unpaired) electrons. The Kier molecular flexibility index (Phi) is 7.31. The highest BCUT2D eigenvalue weighted by Crippen LogP contribution is 2.32. The molecule has 4 amide bonds. The van der Waals surface area contributed by atoms with Crippen molar-refractivity contribution >= 4 is 86.1 Å². The van der Waals surface area contributed by atoms with Crippen molar-refractivity contribution in [1.29, 1.82) is 0 Å². The van der Waals surface area contributed by atoms with Crippen LogP contribution in [0, 0.1) is 0 Å². The van der Waals surface area contributed by atoms with Crippen LogP contribution in [-0.2, 0) is 19.7 Å². The Morgan fingerprint density at radius 1 is 0.806 bits per heavy atom. The molecule has 0 bridgehead atoms. The Balaban J connectivity index is 1.75. The smallest absolute Gasteiger partial charge is 0.339 e. The van der Waals surface area contributed by atoms with Crippen LogP contribution < -0.4 is 14.4 Å². The number of carbonyl (C=O) groups excluding carboxylic acids is 3. The van der Waals surface area contributed by atoms with E-state index in [2.05, 4.69) is 5.32 Å². The zero-order valence-corrected chi connectivity index (χ0v) is 21.5. The van der Waals surface area contributed by atoms with Crippen molar-refractivity contribution in [1.82, 2.24) is 5.32 Å². The molecule has 0 aromatic heterocycles. The van der Waals surface area contributed by atoms with Crippen LogP contribution in [0.25, 0.3) is 6.08 Å². The van der Waals surface area contributed by atoms with E-state index in [4.69, 9.17) is 50.6 Å². The fourth-order valence-corrected chi connectivity index (χ4v) is 4.70. The first-order valence-corrected chi connectivity index (χ1v) is 12.7. The molecular formula is C23H12Cl4N2O6S. The quantitative estimate of drug-likeness (QED) is 0.232. The first-order valence-electron chi connectivity index (χ1n) is 9.82. The van der Waals surface area contributed by atoms with Crippen LogP contribution in [0.4, 0.5) is 10.5 Å². The lowest BCUT2D eigenvalue weighted by Crippen LogP contribution is -2.54. The van der Waals surface area contributed by atoms with Gasteiger partial charge in [-0.2, -0.15) is 8.42 Å². The SMILES string of the molecule is O=C1NC(=O)N(c2ccc(Cl)c(Cl)c2)C(=O)/C1=C/c1cc(Cl)ccc1OS(=O)(=O)c1ccc(Cl)cc1. The van der Waals surface area contributed by atoms with Crippen molar-refractivity contribution in [3.05, 3.63) is 91.9 Å². The van der Waals surface area contributed by atoms with Crippen molar-refractivity contribution in [3.8, 4) is 5.75 Å². The van der Waals surface area contributed by atoms with Gasteiger partial charge in [0, 0.05) is 15.6 Å². The van der Waals surface area contributed by atoms with E-state index in [1.807, 2.05) is 0 Å². The molecule has 184 valence electrons. The van der Waals surface area contributed by atoms with Crippen molar-refractivity contribution in [3.63, 3.8) is 0 Å². The second-order valence-electron chi connectivity index (χ2n) is 7.23. The maximum Gasteiger partial charge on any atom is 0.339 e. The van der Waals surface area contributed by atoms with Crippen LogP contribution in [0.3, 0.4) is 0 Å². The number of hydrogen-bond donors (Lipinski definition) is 1. The minimum Gasteiger partial charge on any atom is -0.378 e. The third-order valence-electron chi connectivity index (χ3n) is 4.84. The van der Waals surface area contributed by atoms with Crippen LogP contribution in [0.2, 0.25) is 20.1 Å². The number of halogens is 4. The van der Waals surface area contributed by atoms with E-state index in [1.165, 1.54) is 60.7 Å². The Morgan fingerprint density at radius 3 is 2.14 bits per heavy atom. The molecule has 13 heteroatoms. The minimum absolute atomic E-state index is 0.0121. The molecule has 0 aliphatic carbocycles. The normalized spacial score (nSPS) is 15.3. The Bertz CT molecular complexity index is 1560. The molecule has 0 saturated carbocycles. The van der Waals surface area contributed by atoms with Gasteiger partial charge in [0.25, 0.3) is 11.8 Å². The lowest BCUT2D eigenvalue weighted by molar-refractivity contribution is -0.122. The van der Waals surface area contributed by atoms with Gasteiger partial charge in [-0.15, -0.1) is 0 Å². The van der Waals surface area contributed by atoms with Crippen molar-refractivity contribution in [2.45, 2.75) is 4.90 Å². The van der Waals surface area contributed by atoms with Gasteiger partial charge in [-0.05, 0) is 66.7 Å². The summed E-state index contributed by atoms with van der Waals surface area (Å²) in [6.45, 7) is 0. The van der Waals surface area contributed by atoms with Gasteiger partial charge in [0.2, 0.25) is 0 Å². The first kappa shape index (κ1) is 26.0. The maximum absolute atomic E-state index is 13.2. The molecule has 3 aromatic carbocycles. The monoisotopic (exact) mass is 584 g/mol. The second-order valence-corrected chi connectivity index (χ2v) is 10.5. The standard InChI is InChI=1S/C23H12Cl4N2O6S/c24-13-1-5-16(6-2-13)36(33,34)35-20-8-3-14(25)9-12(20)10-17-21(30)28-23(32)29(22(17)31)15-4-7-18(26)19(27)11-15/h1-11H,(H,28,30,32)/b17-10+. The van der Waals surface area contributed by atoms with E-state index in [0.717, 1.165) is 6.08 Å². The molecule has 1 aliphatic heterocycles. The highest BCUT2D eigenvalue weighted by Gasteiger charge is 2.37. The zero-order valence-electron chi connectivity index (χ0n) is 17.7. The van der Waals surface area contributed by atoms with E-state index in [9.17, 15) is 22.8 Å². The van der Waals surface area contributed by atoms with Crippen molar-refractivity contribution < 1.29 is 27.0 Å². The zero-order chi connectivity index (χ0) is 26.2. The molecular weight excluding hydrogens is 574 g/mol. The summed E-state index contributed by atoms with van der Waals surface area (Å²) < 4.78 is 30.8. The summed E-state index contributed by atoms with van der Waals surface area (Å²) in [5.74, 6) is -2.22. The van der Waals surface area contributed by atoms with Crippen LogP contribution >= 0.6 is 46.4 Å². The second kappa shape index (κ2) is 10.1. The number of nitrogens with zero attached hydrogens (tertiary/aromatic N) is 1. The average Bonchev–Trinajstić information content (AvgIpc) is 2.80. The molecule has 1 fully saturated rings. The number of imide groups is 2. The first-order chi connectivity index (χ1) is 17.0. The van der Waals surface area contributed by atoms with Gasteiger partial charge in [0.15, 0.2) is 0 Å². The number of barbiturate groups is 1. The van der Waals surface area contributed by atoms with Gasteiger partial charge < -0.3 is 4.18 Å². The molecule has 0 atom stereocenters. The number of anilines is 1.